The summed E-state index contributed by atoms with van der Waals surface area (Å²) in [5, 5.41) is 31.5. The second-order valence-electron chi connectivity index (χ2n) is 22.0. The fourth-order valence-corrected chi connectivity index (χ4v) is 9.75. The molecule has 448 valence electrons. The molecule has 0 amide bonds. The Balaban J connectivity index is 2.65. The van der Waals surface area contributed by atoms with Crippen molar-refractivity contribution in [1.29, 1.82) is 0 Å². The summed E-state index contributed by atoms with van der Waals surface area (Å²) in [7, 11) is 0. The Morgan fingerprint density at radius 1 is 0.429 bits per heavy atom. The summed E-state index contributed by atoms with van der Waals surface area (Å²) < 4.78 is 28.5. The number of carboxylic acid groups (broad SMARTS) is 1. The van der Waals surface area contributed by atoms with Crippen LogP contribution in [0.2, 0.25) is 0 Å². The van der Waals surface area contributed by atoms with Gasteiger partial charge in [0.2, 0.25) is 0 Å². The largest absolute Gasteiger partial charge is 0.479 e. The molecule has 0 aromatic carbocycles. The Hall–Kier alpha value is -3.06. The lowest BCUT2D eigenvalue weighted by molar-refractivity contribution is -0.301. The maximum Gasteiger partial charge on any atom is 0.335 e. The molecule has 1 aliphatic rings. The van der Waals surface area contributed by atoms with Crippen LogP contribution >= 0.6 is 0 Å². The first-order valence-electron chi connectivity index (χ1n) is 32.0. The monoisotopic (exact) mass is 1090 g/mol. The number of allylic oxidation sites excluding steroid dienone is 6. The average molecular weight is 1090 g/mol. The Kier molecular flexibility index (Phi) is 50.1. The molecule has 1 rings (SSSR count). The Morgan fingerprint density at radius 2 is 0.779 bits per heavy atom. The number of hydrogen-bond donors (Lipinski definition) is 3. The predicted molar refractivity (Wildman–Crippen MR) is 313 cm³/mol. The third-order valence-corrected chi connectivity index (χ3v) is 14.7. The highest BCUT2D eigenvalue weighted by Gasteiger charge is 2.50. The molecule has 1 heterocycles. The van der Waals surface area contributed by atoms with Gasteiger partial charge < -0.3 is 39.0 Å². The van der Waals surface area contributed by atoms with E-state index in [2.05, 4.69) is 57.2 Å². The number of carbonyl (C=O) groups excluding carboxylic acids is 3. The zero-order valence-electron chi connectivity index (χ0n) is 49.5. The number of aliphatic hydroxyl groups excluding tert-OH is 2. The number of rotatable bonds is 55. The third kappa shape index (κ3) is 43.4. The van der Waals surface area contributed by atoms with Gasteiger partial charge in [-0.1, -0.05) is 243 Å². The second kappa shape index (κ2) is 53.6. The van der Waals surface area contributed by atoms with Gasteiger partial charge in [-0.2, -0.15) is 0 Å². The van der Waals surface area contributed by atoms with E-state index >= 15 is 0 Å². The number of carbonyl (C=O) groups is 4. The van der Waals surface area contributed by atoms with Crippen LogP contribution in [-0.2, 0) is 42.9 Å². The molecule has 3 N–H and O–H groups in total. The van der Waals surface area contributed by atoms with E-state index in [0.717, 1.165) is 89.9 Å². The van der Waals surface area contributed by atoms with E-state index in [-0.39, 0.29) is 25.9 Å². The summed E-state index contributed by atoms with van der Waals surface area (Å²) in [6, 6.07) is 0. The first-order chi connectivity index (χ1) is 37.6. The number of ether oxygens (including phenoxy) is 5. The summed E-state index contributed by atoms with van der Waals surface area (Å²) in [4.78, 5) is 51.2. The van der Waals surface area contributed by atoms with Crippen LogP contribution in [0.25, 0.3) is 0 Å². The fraction of sp³-hybridized carbons (Fsp3) is 0.846. The van der Waals surface area contributed by atoms with Gasteiger partial charge in [-0.05, 0) is 77.0 Å². The standard InChI is InChI=1S/C65H116O12/c1-4-7-10-13-16-19-22-25-27-29-31-34-36-39-42-45-48-51-57(66)73-54-56(75-58(67)52-49-46-43-40-37-33-24-21-18-15-12-9-6-3)55-74-65-63(61(70)60(69)62(77-65)64(71)72)76-59(68)53-50-47-44-41-38-35-32-30-28-26-23-20-17-14-11-8-5-2/h16,19,25-28,56,60-63,65,69-70H,4-15,17-18,20-24,29-55H2,1-3H3,(H,71,72)/b19-16-,27-25-,28-26-. The molecule has 12 heteroatoms. The quantitative estimate of drug-likeness (QED) is 0.0228. The molecular weight excluding hydrogens is 973 g/mol. The highest BCUT2D eigenvalue weighted by Crippen LogP contribution is 2.27. The number of aliphatic hydroxyl groups is 2. The number of unbranched alkanes of at least 4 members (excludes halogenated alkanes) is 35. The van der Waals surface area contributed by atoms with Gasteiger partial charge >= 0.3 is 23.9 Å². The molecule has 77 heavy (non-hydrogen) atoms. The number of hydrogen-bond acceptors (Lipinski definition) is 11. The highest BCUT2D eigenvalue weighted by molar-refractivity contribution is 5.74. The molecule has 0 aromatic heterocycles. The topological polar surface area (TPSA) is 175 Å². The van der Waals surface area contributed by atoms with Crippen LogP contribution in [0.5, 0.6) is 0 Å². The Bertz CT molecular complexity index is 1480. The van der Waals surface area contributed by atoms with E-state index < -0.39 is 67.3 Å². The SMILES string of the molecule is CCCCC/C=C\C/C=C\CCCCCCCCCC(=O)OCC(COC1OC(C(=O)O)C(O)C(O)C1OC(=O)CCCCCCCCC/C=C\CCCCCCCC)OC(=O)CCCCCCCCCCCCCCC. The smallest absolute Gasteiger partial charge is 0.335 e. The van der Waals surface area contributed by atoms with Crippen molar-refractivity contribution in [2.45, 2.75) is 340 Å². The molecule has 1 aliphatic heterocycles. The minimum Gasteiger partial charge on any atom is -0.479 e. The average Bonchev–Trinajstić information content (AvgIpc) is 3.42. The lowest BCUT2D eigenvalue weighted by atomic mass is 9.98. The molecule has 0 radical (unpaired) electrons. The van der Waals surface area contributed by atoms with Crippen molar-refractivity contribution in [1.82, 2.24) is 0 Å². The van der Waals surface area contributed by atoms with Crippen molar-refractivity contribution in [3.63, 3.8) is 0 Å². The zero-order valence-corrected chi connectivity index (χ0v) is 49.5. The van der Waals surface area contributed by atoms with Crippen molar-refractivity contribution in [2.75, 3.05) is 13.2 Å². The van der Waals surface area contributed by atoms with E-state index in [1.165, 1.54) is 154 Å². The van der Waals surface area contributed by atoms with Crippen LogP contribution < -0.4 is 0 Å². The number of esters is 3. The van der Waals surface area contributed by atoms with Gasteiger partial charge in [0.25, 0.3) is 0 Å². The Labute approximate surface area is 470 Å². The molecule has 1 fully saturated rings. The lowest BCUT2D eigenvalue weighted by Crippen LogP contribution is -2.61. The number of aliphatic carboxylic acids is 1. The molecule has 0 aromatic rings. The van der Waals surface area contributed by atoms with Gasteiger partial charge in [-0.15, -0.1) is 0 Å². The van der Waals surface area contributed by atoms with Gasteiger partial charge in [0.1, 0.15) is 18.8 Å². The van der Waals surface area contributed by atoms with Gasteiger partial charge in [-0.25, -0.2) is 4.79 Å². The molecule has 6 atom stereocenters. The minimum absolute atomic E-state index is 0.0583. The van der Waals surface area contributed by atoms with Gasteiger partial charge in [0, 0.05) is 19.3 Å². The zero-order chi connectivity index (χ0) is 56.1. The van der Waals surface area contributed by atoms with Crippen molar-refractivity contribution < 1.29 is 58.2 Å². The summed E-state index contributed by atoms with van der Waals surface area (Å²) in [6.45, 7) is 5.99. The van der Waals surface area contributed by atoms with Crippen molar-refractivity contribution >= 4 is 23.9 Å². The first-order valence-corrected chi connectivity index (χ1v) is 32.0. The molecule has 0 saturated carbocycles. The predicted octanol–water partition coefficient (Wildman–Crippen LogP) is 16.8. The summed E-state index contributed by atoms with van der Waals surface area (Å²) in [5.41, 5.74) is 0. The molecule has 0 aliphatic carbocycles. The third-order valence-electron chi connectivity index (χ3n) is 14.7. The summed E-state index contributed by atoms with van der Waals surface area (Å²) in [5.74, 6) is -3.10. The first kappa shape index (κ1) is 72.0. The summed E-state index contributed by atoms with van der Waals surface area (Å²) in [6.07, 6.45) is 51.0. The lowest BCUT2D eigenvalue weighted by Gasteiger charge is -2.40. The Morgan fingerprint density at radius 3 is 1.21 bits per heavy atom. The molecule has 6 unspecified atom stereocenters. The van der Waals surface area contributed by atoms with Crippen LogP contribution in [-0.4, -0.2) is 89.2 Å². The van der Waals surface area contributed by atoms with Gasteiger partial charge in [0.05, 0.1) is 6.61 Å². The summed E-state index contributed by atoms with van der Waals surface area (Å²) >= 11 is 0. The van der Waals surface area contributed by atoms with E-state index in [4.69, 9.17) is 23.7 Å². The van der Waals surface area contributed by atoms with Crippen molar-refractivity contribution in [3.05, 3.63) is 36.5 Å². The van der Waals surface area contributed by atoms with E-state index in [0.29, 0.717) is 19.3 Å². The van der Waals surface area contributed by atoms with Crippen LogP contribution in [0.4, 0.5) is 0 Å². The van der Waals surface area contributed by atoms with E-state index in [1.54, 1.807) is 0 Å². The highest BCUT2D eigenvalue weighted by atomic mass is 16.7. The van der Waals surface area contributed by atoms with E-state index in [9.17, 15) is 34.5 Å². The number of carboxylic acids is 1. The maximum atomic E-state index is 13.2. The molecule has 1 saturated heterocycles. The molecule has 0 spiro atoms. The van der Waals surface area contributed by atoms with Crippen LogP contribution in [0, 0.1) is 0 Å². The fourth-order valence-electron chi connectivity index (χ4n) is 9.75. The second-order valence-corrected chi connectivity index (χ2v) is 22.0. The normalized spacial score (nSPS) is 18.2. The van der Waals surface area contributed by atoms with E-state index in [1.807, 2.05) is 0 Å². The van der Waals surface area contributed by atoms with Gasteiger partial charge in [-0.3, -0.25) is 14.4 Å². The molecular formula is C65H116O12. The van der Waals surface area contributed by atoms with Crippen LogP contribution in [0.3, 0.4) is 0 Å². The van der Waals surface area contributed by atoms with Crippen LogP contribution in [0.1, 0.15) is 303 Å². The van der Waals surface area contributed by atoms with Crippen LogP contribution in [0.15, 0.2) is 36.5 Å². The van der Waals surface area contributed by atoms with Crippen molar-refractivity contribution in [2.24, 2.45) is 0 Å². The van der Waals surface area contributed by atoms with Gasteiger partial charge in [0.15, 0.2) is 24.6 Å². The maximum absolute atomic E-state index is 13.2. The van der Waals surface area contributed by atoms with Crippen molar-refractivity contribution in [3.8, 4) is 0 Å². The molecule has 0 bridgehead atoms. The molecule has 12 nitrogen and oxygen atoms in total. The minimum atomic E-state index is -1.90.